The first-order valence-electron chi connectivity index (χ1n) is 22.6. The zero-order chi connectivity index (χ0) is 45.3. The van der Waals surface area contributed by atoms with Gasteiger partial charge in [-0.05, 0) is 31.9 Å². The summed E-state index contributed by atoms with van der Waals surface area (Å²) in [5.41, 5.74) is 5.52. The lowest BCUT2D eigenvalue weighted by Crippen LogP contribution is -2.73. The summed E-state index contributed by atoms with van der Waals surface area (Å²) in [5, 5.41) is 4.18. The lowest BCUT2D eigenvalue weighted by Gasteiger charge is -2.34. The molecule has 55 heavy (non-hydrogen) atoms. The fourth-order valence-corrected chi connectivity index (χ4v) is 13.3. The predicted molar refractivity (Wildman–Crippen MR) is 225 cm³/mol. The van der Waals surface area contributed by atoms with Crippen molar-refractivity contribution < 1.29 is 13.7 Å². The van der Waals surface area contributed by atoms with Gasteiger partial charge in [0.25, 0.3) is 0 Å². The lowest BCUT2D eigenvalue weighted by atomic mass is 10.0. The first kappa shape index (κ1) is 23.5. The Morgan fingerprint density at radius 2 is 0.764 bits per heavy atom. The smallest absolute Gasteiger partial charge is 0.182 e. The monoisotopic (exact) mass is 729 g/mol. The second kappa shape index (κ2) is 13.7. The molecule has 6 aromatic carbocycles. The molecule has 0 unspecified atom stereocenters. The van der Waals surface area contributed by atoms with Crippen molar-refractivity contribution in [3.05, 3.63) is 200 Å². The predicted octanol–water partition coefficient (Wildman–Crippen LogP) is 8.35. The summed E-state index contributed by atoms with van der Waals surface area (Å²) in [6.45, 7) is 0. The van der Waals surface area contributed by atoms with Crippen molar-refractivity contribution in [2.45, 2.75) is 0 Å². The van der Waals surface area contributed by atoms with Crippen LogP contribution in [0.5, 0.6) is 0 Å². The lowest BCUT2D eigenvalue weighted by molar-refractivity contribution is 1.07. The van der Waals surface area contributed by atoms with Gasteiger partial charge in [-0.3, -0.25) is 9.97 Å². The number of nitrogens with zero attached hydrogens (tertiary/aromatic N) is 5. The molecule has 4 heterocycles. The molecule has 0 amide bonds. The summed E-state index contributed by atoms with van der Waals surface area (Å²) in [5.74, 6) is -0.682. The van der Waals surface area contributed by atoms with E-state index in [-0.39, 0.29) is 28.6 Å². The molecule has 10 rings (SSSR count). The standard InChI is InChI=1S/C49H33N5Si/c1-6-17-34(18-7-1)41-30-50-32-43-44-33-51-31-42(35-19-8-2-9-20-35)46(44)55(45(41)43,39-26-14-5-15-27-39)40-28-16-25-38(29-40)49-53-47(36-21-10-3-11-22-36)52-48(54-49)37-23-12-4-13-24-37/h1-33H/i3D,4D,10D,11D,12D,13D,21D,22D,23D,24D. The van der Waals surface area contributed by atoms with E-state index in [4.69, 9.17) is 33.6 Å². The maximum absolute atomic E-state index is 8.86. The molecule has 0 aliphatic carbocycles. The van der Waals surface area contributed by atoms with E-state index in [0.717, 1.165) is 54.1 Å². The van der Waals surface area contributed by atoms with Gasteiger partial charge in [-0.1, -0.05) is 176 Å². The highest BCUT2D eigenvalue weighted by Crippen LogP contribution is 2.36. The van der Waals surface area contributed by atoms with Gasteiger partial charge in [0.15, 0.2) is 25.5 Å². The van der Waals surface area contributed by atoms with Crippen LogP contribution in [-0.2, 0) is 0 Å². The number of aromatic nitrogens is 5. The van der Waals surface area contributed by atoms with E-state index in [9.17, 15) is 0 Å². The van der Waals surface area contributed by atoms with Crippen molar-refractivity contribution in [3.63, 3.8) is 0 Å². The average Bonchev–Trinajstić information content (AvgIpc) is 3.66. The number of benzene rings is 6. The van der Waals surface area contributed by atoms with Crippen LogP contribution in [0.3, 0.4) is 0 Å². The van der Waals surface area contributed by atoms with Crippen molar-refractivity contribution >= 4 is 28.8 Å². The molecule has 0 N–H and O–H groups in total. The van der Waals surface area contributed by atoms with Crippen molar-refractivity contribution in [1.29, 1.82) is 0 Å². The van der Waals surface area contributed by atoms with E-state index in [1.54, 1.807) is 6.07 Å². The molecule has 3 aromatic heterocycles. The molecule has 1 aliphatic rings. The molecular formula is C49H33N5Si. The Morgan fingerprint density at radius 1 is 0.364 bits per heavy atom. The van der Waals surface area contributed by atoms with Crippen LogP contribution >= 0.6 is 0 Å². The molecule has 0 radical (unpaired) electrons. The maximum atomic E-state index is 8.86. The van der Waals surface area contributed by atoms with E-state index in [2.05, 4.69) is 47.4 Å². The quantitative estimate of drug-likeness (QED) is 0.154. The minimum absolute atomic E-state index is 0.0165. The van der Waals surface area contributed by atoms with Gasteiger partial charge in [0.05, 0.1) is 13.7 Å². The summed E-state index contributed by atoms with van der Waals surface area (Å²) < 4.78 is 85.8. The third kappa shape index (κ3) is 5.50. The van der Waals surface area contributed by atoms with Crippen LogP contribution in [0.25, 0.3) is 67.5 Å². The maximum Gasteiger partial charge on any atom is 0.182 e. The van der Waals surface area contributed by atoms with Crippen LogP contribution < -0.4 is 20.7 Å². The average molecular weight is 730 g/mol. The molecule has 0 fully saturated rings. The normalized spacial score (nSPS) is 15.1. The SMILES string of the molecule is [2H]c1c([2H])c([2H])c(-c2nc(-c3cccc([Si]4(c5ccccc5)c5c(-c6ccccc6)cncc5-c5cncc(-c6ccccc6)c54)c3)nc(-c3c([2H])c([2H])c([2H])c([2H])c3[2H])n2)c([2H])c1[2H]. The Morgan fingerprint density at radius 3 is 1.25 bits per heavy atom. The van der Waals surface area contributed by atoms with E-state index in [1.165, 1.54) is 0 Å². The third-order valence-electron chi connectivity index (χ3n) is 9.94. The summed E-state index contributed by atoms with van der Waals surface area (Å²) >= 11 is 0. The molecular weight excluding hydrogens is 687 g/mol. The number of hydrogen-bond acceptors (Lipinski definition) is 5. The first-order valence-corrected chi connectivity index (χ1v) is 19.6. The van der Waals surface area contributed by atoms with Gasteiger partial charge in [-0.15, -0.1) is 0 Å². The fourth-order valence-electron chi connectivity index (χ4n) is 7.71. The van der Waals surface area contributed by atoms with Gasteiger partial charge >= 0.3 is 0 Å². The Balaban J connectivity index is 1.32. The van der Waals surface area contributed by atoms with Gasteiger partial charge in [0.2, 0.25) is 0 Å². The van der Waals surface area contributed by atoms with E-state index in [0.29, 0.717) is 5.56 Å². The highest BCUT2D eigenvalue weighted by atomic mass is 28.3. The Hall–Kier alpha value is -7.15. The van der Waals surface area contributed by atoms with Crippen LogP contribution in [0.1, 0.15) is 13.7 Å². The molecule has 0 saturated carbocycles. The Labute approximate surface area is 334 Å². The number of hydrogen-bond donors (Lipinski definition) is 0. The van der Waals surface area contributed by atoms with Gasteiger partial charge in [-0.2, -0.15) is 0 Å². The zero-order valence-electron chi connectivity index (χ0n) is 39.0. The minimum Gasteiger partial charge on any atom is -0.263 e. The second-order valence-corrected chi connectivity index (χ2v) is 16.6. The summed E-state index contributed by atoms with van der Waals surface area (Å²) in [6.07, 6.45) is 7.64. The van der Waals surface area contributed by atoms with Crippen LogP contribution in [0.2, 0.25) is 0 Å². The van der Waals surface area contributed by atoms with Gasteiger partial charge < -0.3 is 0 Å². The topological polar surface area (TPSA) is 64.5 Å². The number of pyridine rings is 2. The first-order chi connectivity index (χ1) is 31.4. The molecule has 9 aromatic rings. The molecule has 0 spiro atoms. The molecule has 0 saturated heterocycles. The molecule has 1 aliphatic heterocycles. The van der Waals surface area contributed by atoms with Crippen molar-refractivity contribution in [2.75, 3.05) is 0 Å². The number of fused-ring (bicyclic) bond motifs is 3. The van der Waals surface area contributed by atoms with Gasteiger partial charge in [0.1, 0.15) is 0 Å². The van der Waals surface area contributed by atoms with Crippen LogP contribution in [0.4, 0.5) is 0 Å². The third-order valence-corrected chi connectivity index (χ3v) is 14.9. The van der Waals surface area contributed by atoms with Crippen LogP contribution in [0, 0.1) is 0 Å². The van der Waals surface area contributed by atoms with E-state index in [1.807, 2.05) is 91.5 Å². The van der Waals surface area contributed by atoms with Crippen molar-refractivity contribution in [1.82, 2.24) is 24.9 Å². The minimum atomic E-state index is -3.49. The molecule has 6 heteroatoms. The fraction of sp³-hybridized carbons (Fsp3) is 0. The summed E-state index contributed by atoms with van der Waals surface area (Å²) in [6, 6.07) is 32.4. The second-order valence-electron chi connectivity index (χ2n) is 13.0. The highest BCUT2D eigenvalue weighted by molar-refractivity contribution is 7.23. The van der Waals surface area contributed by atoms with E-state index < -0.39 is 68.5 Å². The Kier molecular flexibility index (Phi) is 5.84. The van der Waals surface area contributed by atoms with Crippen LogP contribution in [-0.4, -0.2) is 33.0 Å². The summed E-state index contributed by atoms with van der Waals surface area (Å²) in [7, 11) is -3.49. The summed E-state index contributed by atoms with van der Waals surface area (Å²) in [4.78, 5) is 23.7. The zero-order valence-corrected chi connectivity index (χ0v) is 30.0. The van der Waals surface area contributed by atoms with Crippen molar-refractivity contribution in [3.8, 4) is 67.5 Å². The Bertz CT molecular complexity index is 3160. The van der Waals surface area contributed by atoms with E-state index >= 15 is 0 Å². The number of rotatable bonds is 7. The van der Waals surface area contributed by atoms with Crippen molar-refractivity contribution in [2.24, 2.45) is 0 Å². The molecule has 258 valence electrons. The van der Waals surface area contributed by atoms with Crippen LogP contribution in [0.15, 0.2) is 200 Å². The molecule has 0 bridgehead atoms. The largest absolute Gasteiger partial charge is 0.263 e. The van der Waals surface area contributed by atoms with Gasteiger partial charge in [-0.25, -0.2) is 15.0 Å². The van der Waals surface area contributed by atoms with Gasteiger partial charge in [0, 0.05) is 63.7 Å². The molecule has 0 atom stereocenters. The highest BCUT2D eigenvalue weighted by Gasteiger charge is 2.52. The molecule has 5 nitrogen and oxygen atoms in total.